The quantitative estimate of drug-likeness (QED) is 0.722. The molecule has 0 aromatic rings. The molecule has 1 atom stereocenters. The number of nitrogens with two attached hydrogens (primary N) is 1. The average Bonchev–Trinajstić information content (AvgIpc) is 2.58. The summed E-state index contributed by atoms with van der Waals surface area (Å²) in [5.74, 6) is -0.0491. The van der Waals surface area contributed by atoms with Crippen molar-refractivity contribution in [2.45, 2.75) is 37.4 Å². The molecule has 0 radical (unpaired) electrons. The van der Waals surface area contributed by atoms with Crippen molar-refractivity contribution in [1.82, 2.24) is 0 Å². The minimum absolute atomic E-state index is 0. The van der Waals surface area contributed by atoms with E-state index in [1.165, 1.54) is 7.11 Å². The average molecular weight is 236 g/mol. The molecule has 1 saturated heterocycles. The standard InChI is InChI=1S/C10H17NO3.ClH/c1-13-9(12)7-4-10(5-7)3-2-8(6-11)14-10;/h7-8H,2-6,11H2,1H3;1H. The topological polar surface area (TPSA) is 61.5 Å². The first kappa shape index (κ1) is 12.7. The van der Waals surface area contributed by atoms with Crippen molar-refractivity contribution >= 4 is 18.4 Å². The summed E-state index contributed by atoms with van der Waals surface area (Å²) in [4.78, 5) is 11.2. The number of hydrogen-bond acceptors (Lipinski definition) is 4. The normalized spacial score (nSPS) is 38.3. The summed E-state index contributed by atoms with van der Waals surface area (Å²) in [6, 6.07) is 0. The highest BCUT2D eigenvalue weighted by Crippen LogP contribution is 2.49. The molecule has 1 spiro atoms. The SMILES string of the molecule is COC(=O)C1CC2(CCC(CN)O2)C1.Cl. The van der Waals surface area contributed by atoms with Gasteiger partial charge in [-0.15, -0.1) is 12.4 Å². The monoisotopic (exact) mass is 235 g/mol. The van der Waals surface area contributed by atoms with Crippen LogP contribution < -0.4 is 5.73 Å². The summed E-state index contributed by atoms with van der Waals surface area (Å²) in [6.45, 7) is 0.588. The summed E-state index contributed by atoms with van der Waals surface area (Å²) in [5.41, 5.74) is 5.50. The van der Waals surface area contributed by atoms with Crippen molar-refractivity contribution in [2.75, 3.05) is 13.7 Å². The van der Waals surface area contributed by atoms with E-state index >= 15 is 0 Å². The molecule has 0 aromatic carbocycles. The Kier molecular flexibility index (Phi) is 3.98. The third-order valence-electron chi connectivity index (χ3n) is 3.37. The van der Waals surface area contributed by atoms with Crippen LogP contribution in [0.2, 0.25) is 0 Å². The summed E-state index contributed by atoms with van der Waals surface area (Å²) >= 11 is 0. The summed E-state index contributed by atoms with van der Waals surface area (Å²) in [6.07, 6.45) is 3.91. The minimum atomic E-state index is -0.101. The highest BCUT2D eigenvalue weighted by molar-refractivity contribution is 5.85. The van der Waals surface area contributed by atoms with Crippen molar-refractivity contribution in [2.24, 2.45) is 11.7 Å². The molecule has 0 aromatic heterocycles. The second-order valence-corrected chi connectivity index (χ2v) is 4.33. The molecular formula is C10H18ClNO3. The third-order valence-corrected chi connectivity index (χ3v) is 3.37. The van der Waals surface area contributed by atoms with E-state index in [1.807, 2.05) is 0 Å². The van der Waals surface area contributed by atoms with Gasteiger partial charge in [-0.3, -0.25) is 4.79 Å². The predicted molar refractivity (Wildman–Crippen MR) is 57.9 cm³/mol. The Morgan fingerprint density at radius 3 is 2.73 bits per heavy atom. The number of halogens is 1. The summed E-state index contributed by atoms with van der Waals surface area (Å²) in [5, 5.41) is 0. The van der Waals surface area contributed by atoms with Crippen molar-refractivity contribution in [3.8, 4) is 0 Å². The Labute approximate surface area is 95.9 Å². The van der Waals surface area contributed by atoms with Gasteiger partial charge in [-0.1, -0.05) is 0 Å². The first-order chi connectivity index (χ1) is 6.69. The van der Waals surface area contributed by atoms with Gasteiger partial charge in [-0.25, -0.2) is 0 Å². The largest absolute Gasteiger partial charge is 0.469 e. The minimum Gasteiger partial charge on any atom is -0.469 e. The number of ether oxygens (including phenoxy) is 2. The fourth-order valence-corrected chi connectivity index (χ4v) is 2.53. The van der Waals surface area contributed by atoms with Crippen LogP contribution in [-0.4, -0.2) is 31.3 Å². The first-order valence-electron chi connectivity index (χ1n) is 5.15. The van der Waals surface area contributed by atoms with Crippen LogP contribution in [0.3, 0.4) is 0 Å². The van der Waals surface area contributed by atoms with Gasteiger partial charge in [0.05, 0.1) is 24.7 Å². The number of hydrogen-bond donors (Lipinski definition) is 1. The van der Waals surface area contributed by atoms with Crippen LogP contribution in [-0.2, 0) is 14.3 Å². The molecule has 2 fully saturated rings. The van der Waals surface area contributed by atoms with Gasteiger partial charge in [0.25, 0.3) is 0 Å². The molecule has 2 N–H and O–H groups in total. The van der Waals surface area contributed by atoms with Crippen molar-refractivity contribution < 1.29 is 14.3 Å². The Balaban J connectivity index is 0.00000112. The van der Waals surface area contributed by atoms with E-state index in [0.717, 1.165) is 25.7 Å². The number of methoxy groups -OCH3 is 1. The predicted octanol–water partition coefficient (Wildman–Crippen LogP) is 0.868. The van der Waals surface area contributed by atoms with Gasteiger partial charge in [-0.2, -0.15) is 0 Å². The molecule has 1 aliphatic carbocycles. The van der Waals surface area contributed by atoms with E-state index in [0.29, 0.717) is 6.54 Å². The summed E-state index contributed by atoms with van der Waals surface area (Å²) < 4.78 is 10.5. The van der Waals surface area contributed by atoms with E-state index in [1.54, 1.807) is 0 Å². The van der Waals surface area contributed by atoms with Gasteiger partial charge < -0.3 is 15.2 Å². The smallest absolute Gasteiger partial charge is 0.308 e. The van der Waals surface area contributed by atoms with E-state index in [4.69, 9.17) is 15.2 Å². The second kappa shape index (κ2) is 4.68. The van der Waals surface area contributed by atoms with Crippen molar-refractivity contribution in [3.63, 3.8) is 0 Å². The molecule has 0 amide bonds. The van der Waals surface area contributed by atoms with Gasteiger partial charge in [0, 0.05) is 6.54 Å². The van der Waals surface area contributed by atoms with Gasteiger partial charge >= 0.3 is 5.97 Å². The molecule has 5 heteroatoms. The van der Waals surface area contributed by atoms with Crippen molar-refractivity contribution in [3.05, 3.63) is 0 Å². The molecule has 2 rings (SSSR count). The maximum Gasteiger partial charge on any atom is 0.308 e. The lowest BCUT2D eigenvalue weighted by atomic mass is 9.69. The maximum absolute atomic E-state index is 11.2. The second-order valence-electron chi connectivity index (χ2n) is 4.33. The molecule has 88 valence electrons. The highest BCUT2D eigenvalue weighted by Gasteiger charge is 2.52. The number of carbonyl (C=O) groups excluding carboxylic acids is 1. The molecule has 0 bridgehead atoms. The van der Waals surface area contributed by atoms with Crippen LogP contribution in [0.25, 0.3) is 0 Å². The van der Waals surface area contributed by atoms with Crippen LogP contribution in [0.15, 0.2) is 0 Å². The Hall–Kier alpha value is -0.320. The highest BCUT2D eigenvalue weighted by atomic mass is 35.5. The lowest BCUT2D eigenvalue weighted by molar-refractivity contribution is -0.167. The zero-order valence-electron chi connectivity index (χ0n) is 8.90. The molecular weight excluding hydrogens is 218 g/mol. The third kappa shape index (κ3) is 2.27. The number of carbonyl (C=O) groups is 1. The van der Waals surface area contributed by atoms with Crippen LogP contribution in [0, 0.1) is 5.92 Å². The van der Waals surface area contributed by atoms with E-state index < -0.39 is 0 Å². The van der Waals surface area contributed by atoms with E-state index in [9.17, 15) is 4.79 Å². The zero-order chi connectivity index (χ0) is 10.2. The molecule has 1 heterocycles. The number of esters is 1. The molecule has 1 aliphatic heterocycles. The Morgan fingerprint density at radius 2 is 2.27 bits per heavy atom. The fraction of sp³-hybridized carbons (Fsp3) is 0.900. The molecule has 4 nitrogen and oxygen atoms in total. The first-order valence-corrected chi connectivity index (χ1v) is 5.15. The zero-order valence-corrected chi connectivity index (χ0v) is 9.72. The van der Waals surface area contributed by atoms with Gasteiger partial charge in [-0.05, 0) is 25.7 Å². The maximum atomic E-state index is 11.2. The van der Waals surface area contributed by atoms with Crippen molar-refractivity contribution in [1.29, 1.82) is 0 Å². The van der Waals surface area contributed by atoms with Crippen LogP contribution in [0.4, 0.5) is 0 Å². The lowest BCUT2D eigenvalue weighted by Crippen LogP contribution is -2.47. The van der Waals surface area contributed by atoms with E-state index in [-0.39, 0.29) is 36.0 Å². The number of rotatable bonds is 2. The van der Waals surface area contributed by atoms with E-state index in [2.05, 4.69) is 0 Å². The molecule has 1 saturated carbocycles. The lowest BCUT2D eigenvalue weighted by Gasteiger charge is -2.43. The van der Waals surface area contributed by atoms with Gasteiger partial charge in [0.2, 0.25) is 0 Å². The molecule has 1 unspecified atom stereocenters. The van der Waals surface area contributed by atoms with Crippen LogP contribution >= 0.6 is 12.4 Å². The van der Waals surface area contributed by atoms with Gasteiger partial charge in [0.15, 0.2) is 0 Å². The van der Waals surface area contributed by atoms with Crippen LogP contribution in [0.1, 0.15) is 25.7 Å². The Morgan fingerprint density at radius 1 is 1.60 bits per heavy atom. The van der Waals surface area contributed by atoms with Crippen LogP contribution in [0.5, 0.6) is 0 Å². The van der Waals surface area contributed by atoms with Gasteiger partial charge in [0.1, 0.15) is 0 Å². The Bertz CT molecular complexity index is 241. The molecule has 15 heavy (non-hydrogen) atoms. The fourth-order valence-electron chi connectivity index (χ4n) is 2.53. The summed E-state index contributed by atoms with van der Waals surface area (Å²) in [7, 11) is 1.44. The molecule has 2 aliphatic rings.